The summed E-state index contributed by atoms with van der Waals surface area (Å²) in [7, 11) is -4.24. The van der Waals surface area contributed by atoms with Crippen LogP contribution in [0.15, 0.2) is 0 Å². The third-order valence-corrected chi connectivity index (χ3v) is 0.895. The molecule has 0 bridgehead atoms. The van der Waals surface area contributed by atoms with Crippen LogP contribution in [-0.2, 0) is 10.1 Å². The fraction of sp³-hybridized carbons (Fsp3) is 0. The second-order valence-corrected chi connectivity index (χ2v) is 2.57. The molecule has 0 aromatic heterocycles. The molecular formula is C6H2O3S2. The highest BCUT2D eigenvalue weighted by molar-refractivity contribution is 7.90. The Kier molecular flexibility index (Phi) is 4.26. The van der Waals surface area contributed by atoms with Crippen molar-refractivity contribution in [1.82, 2.24) is 0 Å². The van der Waals surface area contributed by atoms with E-state index in [1.54, 1.807) is 0 Å². The first-order valence-electron chi connectivity index (χ1n) is 2.19. The molecule has 0 aromatic carbocycles. The summed E-state index contributed by atoms with van der Waals surface area (Å²) in [6.45, 7) is 0. The van der Waals surface area contributed by atoms with E-state index >= 15 is 0 Å². The molecule has 0 amide bonds. The minimum atomic E-state index is -4.24. The predicted octanol–water partition coefficient (Wildman–Crippen LogP) is -0.271. The van der Waals surface area contributed by atoms with Gasteiger partial charge in [-0.1, -0.05) is 12.6 Å². The molecule has 0 aliphatic rings. The SMILES string of the molecule is O=S(=O)(O)C#CC#CC#CS. The molecular weight excluding hydrogens is 184 g/mol. The highest BCUT2D eigenvalue weighted by Gasteiger charge is 1.91. The third kappa shape index (κ3) is 8.94. The van der Waals surface area contributed by atoms with Crippen LogP contribution in [0.25, 0.3) is 0 Å². The lowest BCUT2D eigenvalue weighted by Gasteiger charge is -1.71. The molecule has 0 rings (SSSR count). The van der Waals surface area contributed by atoms with Gasteiger partial charge in [-0.05, 0) is 17.1 Å². The Labute approximate surface area is 70.3 Å². The van der Waals surface area contributed by atoms with E-state index in [1.165, 1.54) is 5.25 Å². The normalized spacial score (nSPS) is 7.45. The maximum atomic E-state index is 9.93. The fourth-order valence-corrected chi connectivity index (χ4v) is 0.416. The van der Waals surface area contributed by atoms with Crippen molar-refractivity contribution in [1.29, 1.82) is 0 Å². The van der Waals surface area contributed by atoms with Crippen molar-refractivity contribution < 1.29 is 13.0 Å². The topological polar surface area (TPSA) is 54.4 Å². The van der Waals surface area contributed by atoms with E-state index in [9.17, 15) is 8.42 Å². The van der Waals surface area contributed by atoms with Crippen LogP contribution in [0.5, 0.6) is 0 Å². The van der Waals surface area contributed by atoms with Crippen LogP contribution in [0.4, 0.5) is 0 Å². The van der Waals surface area contributed by atoms with E-state index in [2.05, 4.69) is 35.6 Å². The van der Waals surface area contributed by atoms with Gasteiger partial charge in [-0.3, -0.25) is 4.55 Å². The molecule has 0 aliphatic carbocycles. The zero-order valence-electron chi connectivity index (χ0n) is 5.12. The first-order chi connectivity index (χ1) is 5.06. The Balaban J connectivity index is 4.37. The van der Waals surface area contributed by atoms with E-state index in [1.807, 2.05) is 5.92 Å². The third-order valence-electron chi connectivity index (χ3n) is 0.423. The molecule has 0 fully saturated rings. The van der Waals surface area contributed by atoms with Crippen molar-refractivity contribution in [2.24, 2.45) is 0 Å². The molecule has 0 unspecified atom stereocenters. The van der Waals surface area contributed by atoms with Gasteiger partial charge in [0.15, 0.2) is 0 Å². The van der Waals surface area contributed by atoms with Crippen molar-refractivity contribution in [2.45, 2.75) is 0 Å². The number of hydrogen-bond acceptors (Lipinski definition) is 3. The van der Waals surface area contributed by atoms with Crippen molar-refractivity contribution in [3.8, 4) is 34.2 Å². The summed E-state index contributed by atoms with van der Waals surface area (Å²) < 4.78 is 27.9. The first-order valence-corrected chi connectivity index (χ1v) is 4.08. The summed E-state index contributed by atoms with van der Waals surface area (Å²) in [4.78, 5) is 0. The zero-order chi connectivity index (χ0) is 8.74. The van der Waals surface area contributed by atoms with E-state index < -0.39 is 10.1 Å². The van der Waals surface area contributed by atoms with Gasteiger partial charge in [-0.25, -0.2) is 0 Å². The zero-order valence-corrected chi connectivity index (χ0v) is 6.83. The lowest BCUT2D eigenvalue weighted by molar-refractivity contribution is 0.496. The molecule has 3 nitrogen and oxygen atoms in total. The van der Waals surface area contributed by atoms with Crippen LogP contribution in [0.1, 0.15) is 0 Å². The fourth-order valence-electron chi connectivity index (χ4n) is 0.180. The molecule has 11 heavy (non-hydrogen) atoms. The smallest absolute Gasteiger partial charge is 0.276 e. The van der Waals surface area contributed by atoms with Crippen molar-refractivity contribution in [3.05, 3.63) is 0 Å². The summed E-state index contributed by atoms with van der Waals surface area (Å²) in [5, 5.41) is 3.65. The number of thiol groups is 1. The van der Waals surface area contributed by atoms with Crippen molar-refractivity contribution >= 4 is 22.7 Å². The monoisotopic (exact) mass is 186 g/mol. The highest BCUT2D eigenvalue weighted by atomic mass is 32.2. The molecule has 0 spiro atoms. The second kappa shape index (κ2) is 4.71. The van der Waals surface area contributed by atoms with Crippen LogP contribution in [-0.4, -0.2) is 13.0 Å². The van der Waals surface area contributed by atoms with Crippen LogP contribution in [0.3, 0.4) is 0 Å². The number of hydrogen-bond donors (Lipinski definition) is 2. The van der Waals surface area contributed by atoms with Crippen molar-refractivity contribution in [3.63, 3.8) is 0 Å². The second-order valence-electron chi connectivity index (χ2n) is 1.19. The molecule has 1 N–H and O–H groups in total. The molecule has 0 atom stereocenters. The Morgan fingerprint density at radius 3 is 2.09 bits per heavy atom. The van der Waals surface area contributed by atoms with E-state index in [-0.39, 0.29) is 0 Å². The molecule has 0 aromatic rings. The van der Waals surface area contributed by atoms with Gasteiger partial charge in [0.2, 0.25) is 0 Å². The summed E-state index contributed by atoms with van der Waals surface area (Å²) in [5.41, 5.74) is 0. The Hall–Kier alpha value is -1.06. The van der Waals surface area contributed by atoms with Gasteiger partial charge in [-0.15, -0.1) is 0 Å². The average Bonchev–Trinajstić information content (AvgIpc) is 1.85. The molecule has 5 heteroatoms. The molecule has 0 heterocycles. The van der Waals surface area contributed by atoms with E-state index in [4.69, 9.17) is 4.55 Å². The lowest BCUT2D eigenvalue weighted by atomic mass is 10.6. The standard InChI is InChI=1S/C6H2O3S2/c7-11(8,9)6-4-2-1-3-5-10/h10H,(H,7,8,9). The average molecular weight is 186 g/mol. The molecule has 56 valence electrons. The summed E-state index contributed by atoms with van der Waals surface area (Å²) in [5.74, 6) is 8.32. The highest BCUT2D eigenvalue weighted by Crippen LogP contribution is 1.72. The van der Waals surface area contributed by atoms with Crippen molar-refractivity contribution in [2.75, 3.05) is 0 Å². The van der Waals surface area contributed by atoms with Crippen LogP contribution >= 0.6 is 12.6 Å². The molecule has 0 aliphatic heterocycles. The summed E-state index contributed by atoms with van der Waals surface area (Å²) >= 11 is 3.50. The molecule has 0 saturated carbocycles. The Morgan fingerprint density at radius 1 is 1.09 bits per heavy atom. The molecule has 0 radical (unpaired) electrons. The Morgan fingerprint density at radius 2 is 1.64 bits per heavy atom. The minimum absolute atomic E-state index is 1.49. The van der Waals surface area contributed by atoms with Gasteiger partial charge in [-0.2, -0.15) is 8.42 Å². The largest absolute Gasteiger partial charge is 0.336 e. The van der Waals surface area contributed by atoms with E-state index in [0.29, 0.717) is 0 Å². The molecule has 0 saturated heterocycles. The lowest BCUT2D eigenvalue weighted by Crippen LogP contribution is -1.89. The van der Waals surface area contributed by atoms with Gasteiger partial charge in [0.05, 0.1) is 5.25 Å². The van der Waals surface area contributed by atoms with Crippen LogP contribution in [0.2, 0.25) is 0 Å². The maximum Gasteiger partial charge on any atom is 0.336 e. The maximum absolute atomic E-state index is 9.93. The van der Waals surface area contributed by atoms with Gasteiger partial charge in [0.1, 0.15) is 0 Å². The van der Waals surface area contributed by atoms with Gasteiger partial charge >= 0.3 is 10.1 Å². The quantitative estimate of drug-likeness (QED) is 0.311. The first kappa shape index (κ1) is 9.94. The van der Waals surface area contributed by atoms with Crippen LogP contribution < -0.4 is 0 Å². The van der Waals surface area contributed by atoms with Crippen LogP contribution in [0, 0.1) is 34.2 Å². The Bertz CT molecular complexity index is 400. The van der Waals surface area contributed by atoms with Gasteiger partial charge < -0.3 is 0 Å². The predicted molar refractivity (Wildman–Crippen MR) is 43.9 cm³/mol. The number of rotatable bonds is 0. The van der Waals surface area contributed by atoms with Gasteiger partial charge in [0, 0.05) is 11.8 Å². The minimum Gasteiger partial charge on any atom is -0.276 e. The van der Waals surface area contributed by atoms with E-state index in [0.717, 1.165) is 0 Å². The summed E-state index contributed by atoms with van der Waals surface area (Å²) in [6.07, 6.45) is 0. The summed E-state index contributed by atoms with van der Waals surface area (Å²) in [6, 6.07) is 0. The van der Waals surface area contributed by atoms with Gasteiger partial charge in [0.25, 0.3) is 0 Å².